The van der Waals surface area contributed by atoms with E-state index in [-0.39, 0.29) is 12.6 Å². The van der Waals surface area contributed by atoms with Crippen LogP contribution in [-0.2, 0) is 4.79 Å². The fourth-order valence-corrected chi connectivity index (χ4v) is 2.08. The number of carboxylic acids is 1. The van der Waals surface area contributed by atoms with Crippen molar-refractivity contribution >= 4 is 5.97 Å². The lowest BCUT2D eigenvalue weighted by molar-refractivity contribution is -0.139. The topological polar surface area (TPSA) is 60.8 Å². The number of aliphatic carboxylic acids is 1. The minimum absolute atomic E-state index is 0.131. The standard InChI is InChI=1S/C15H23NO3/c1-12(2)16(9-6-10-17)11-14(15(18)19)13-7-4-3-5-8-13/h3-5,7-8,12,14,17H,6,9-11H2,1-2H3,(H,18,19). The highest BCUT2D eigenvalue weighted by molar-refractivity contribution is 5.76. The third kappa shape index (κ3) is 5.01. The maximum absolute atomic E-state index is 11.5. The van der Waals surface area contributed by atoms with E-state index in [2.05, 4.69) is 4.90 Å². The minimum atomic E-state index is -0.805. The first-order valence-corrected chi connectivity index (χ1v) is 6.69. The predicted octanol–water partition coefficient (Wildman–Crippen LogP) is 1.95. The number of carboxylic acid groups (broad SMARTS) is 1. The summed E-state index contributed by atoms with van der Waals surface area (Å²) in [6, 6.07) is 9.57. The summed E-state index contributed by atoms with van der Waals surface area (Å²) in [5, 5.41) is 18.3. The minimum Gasteiger partial charge on any atom is -0.481 e. The van der Waals surface area contributed by atoms with E-state index in [1.165, 1.54) is 0 Å². The quantitative estimate of drug-likeness (QED) is 0.754. The number of benzene rings is 1. The van der Waals surface area contributed by atoms with Gasteiger partial charge in [-0.1, -0.05) is 30.3 Å². The highest BCUT2D eigenvalue weighted by Crippen LogP contribution is 2.18. The third-order valence-corrected chi connectivity index (χ3v) is 3.25. The predicted molar refractivity (Wildman–Crippen MR) is 75.2 cm³/mol. The molecule has 1 rings (SSSR count). The SMILES string of the molecule is CC(C)N(CCCO)CC(C(=O)O)c1ccccc1. The second-order valence-corrected chi connectivity index (χ2v) is 4.97. The Morgan fingerprint density at radius 3 is 2.37 bits per heavy atom. The summed E-state index contributed by atoms with van der Waals surface area (Å²) in [7, 11) is 0. The van der Waals surface area contributed by atoms with Gasteiger partial charge in [-0.3, -0.25) is 9.69 Å². The highest BCUT2D eigenvalue weighted by atomic mass is 16.4. The van der Waals surface area contributed by atoms with Gasteiger partial charge in [0, 0.05) is 25.7 Å². The van der Waals surface area contributed by atoms with Crippen LogP contribution in [0.5, 0.6) is 0 Å². The van der Waals surface area contributed by atoms with Gasteiger partial charge >= 0.3 is 5.97 Å². The van der Waals surface area contributed by atoms with Crippen molar-refractivity contribution in [1.29, 1.82) is 0 Å². The van der Waals surface area contributed by atoms with Gasteiger partial charge in [0.25, 0.3) is 0 Å². The van der Waals surface area contributed by atoms with Crippen LogP contribution < -0.4 is 0 Å². The number of nitrogens with zero attached hydrogens (tertiary/aromatic N) is 1. The number of carbonyl (C=O) groups is 1. The zero-order chi connectivity index (χ0) is 14.3. The fourth-order valence-electron chi connectivity index (χ4n) is 2.08. The van der Waals surface area contributed by atoms with Crippen molar-refractivity contribution in [3.63, 3.8) is 0 Å². The lowest BCUT2D eigenvalue weighted by atomic mass is 9.98. The largest absolute Gasteiger partial charge is 0.481 e. The molecule has 2 N–H and O–H groups in total. The second kappa shape index (κ2) is 7.92. The van der Waals surface area contributed by atoms with E-state index in [0.717, 1.165) is 5.56 Å². The summed E-state index contributed by atoms with van der Waals surface area (Å²) in [6.07, 6.45) is 0.666. The monoisotopic (exact) mass is 265 g/mol. The average molecular weight is 265 g/mol. The van der Waals surface area contributed by atoms with Crippen LogP contribution in [0.4, 0.5) is 0 Å². The molecule has 1 unspecified atom stereocenters. The Morgan fingerprint density at radius 2 is 1.89 bits per heavy atom. The Labute approximate surface area is 114 Å². The van der Waals surface area contributed by atoms with Gasteiger partial charge in [0.1, 0.15) is 0 Å². The molecule has 0 fully saturated rings. The normalized spacial score (nSPS) is 12.9. The molecule has 0 heterocycles. The molecule has 1 aromatic carbocycles. The average Bonchev–Trinajstić information content (AvgIpc) is 2.39. The first-order valence-electron chi connectivity index (χ1n) is 6.69. The summed E-state index contributed by atoms with van der Waals surface area (Å²) in [6.45, 7) is 5.40. The van der Waals surface area contributed by atoms with E-state index in [1.54, 1.807) is 0 Å². The molecule has 0 bridgehead atoms. The Kier molecular flexibility index (Phi) is 6.53. The Morgan fingerprint density at radius 1 is 1.26 bits per heavy atom. The second-order valence-electron chi connectivity index (χ2n) is 4.97. The molecule has 0 radical (unpaired) electrons. The van der Waals surface area contributed by atoms with Gasteiger partial charge in [0.15, 0.2) is 0 Å². The third-order valence-electron chi connectivity index (χ3n) is 3.25. The molecule has 0 saturated heterocycles. The summed E-state index contributed by atoms with van der Waals surface area (Å²) >= 11 is 0. The molecule has 0 saturated carbocycles. The first kappa shape index (κ1) is 15.7. The maximum atomic E-state index is 11.5. The van der Waals surface area contributed by atoms with Crippen LogP contribution in [0, 0.1) is 0 Å². The molecular weight excluding hydrogens is 242 g/mol. The van der Waals surface area contributed by atoms with E-state index >= 15 is 0 Å². The number of aliphatic hydroxyl groups is 1. The smallest absolute Gasteiger partial charge is 0.312 e. The van der Waals surface area contributed by atoms with E-state index in [4.69, 9.17) is 5.11 Å². The van der Waals surface area contributed by atoms with Gasteiger partial charge in [-0.25, -0.2) is 0 Å². The van der Waals surface area contributed by atoms with Crippen LogP contribution >= 0.6 is 0 Å². The van der Waals surface area contributed by atoms with Crippen LogP contribution in [0.2, 0.25) is 0 Å². The van der Waals surface area contributed by atoms with Crippen LogP contribution in [-0.4, -0.2) is 46.8 Å². The molecule has 0 spiro atoms. The molecule has 106 valence electrons. The van der Waals surface area contributed by atoms with Crippen molar-refractivity contribution < 1.29 is 15.0 Å². The molecular formula is C15H23NO3. The number of aliphatic hydroxyl groups excluding tert-OH is 1. The van der Waals surface area contributed by atoms with Gasteiger partial charge in [-0.05, 0) is 25.8 Å². The summed E-state index contributed by atoms with van der Waals surface area (Å²) in [5.41, 5.74) is 0.824. The lowest BCUT2D eigenvalue weighted by Gasteiger charge is -2.29. The van der Waals surface area contributed by atoms with Gasteiger partial charge in [0.2, 0.25) is 0 Å². The van der Waals surface area contributed by atoms with Crippen molar-refractivity contribution in [2.24, 2.45) is 0 Å². The molecule has 0 aliphatic heterocycles. The van der Waals surface area contributed by atoms with Crippen molar-refractivity contribution in [2.45, 2.75) is 32.2 Å². The molecule has 0 aromatic heterocycles. The number of hydrogen-bond donors (Lipinski definition) is 2. The van der Waals surface area contributed by atoms with E-state index in [0.29, 0.717) is 19.5 Å². The van der Waals surface area contributed by atoms with Crippen molar-refractivity contribution in [1.82, 2.24) is 4.90 Å². The lowest BCUT2D eigenvalue weighted by Crippen LogP contribution is -2.38. The van der Waals surface area contributed by atoms with Gasteiger partial charge in [0.05, 0.1) is 5.92 Å². The molecule has 0 aliphatic rings. The Hall–Kier alpha value is -1.39. The summed E-state index contributed by atoms with van der Waals surface area (Å²) in [4.78, 5) is 13.6. The fraction of sp³-hybridized carbons (Fsp3) is 0.533. The molecule has 1 aromatic rings. The van der Waals surface area contributed by atoms with Crippen molar-refractivity contribution in [3.8, 4) is 0 Å². The zero-order valence-electron chi connectivity index (χ0n) is 11.6. The van der Waals surface area contributed by atoms with Crippen LogP contribution in [0.15, 0.2) is 30.3 Å². The van der Waals surface area contributed by atoms with Crippen LogP contribution in [0.25, 0.3) is 0 Å². The molecule has 4 nitrogen and oxygen atoms in total. The van der Waals surface area contributed by atoms with Crippen LogP contribution in [0.1, 0.15) is 31.7 Å². The van der Waals surface area contributed by atoms with E-state index in [1.807, 2.05) is 44.2 Å². The molecule has 1 atom stereocenters. The molecule has 0 aliphatic carbocycles. The van der Waals surface area contributed by atoms with E-state index in [9.17, 15) is 9.90 Å². The summed E-state index contributed by atoms with van der Waals surface area (Å²) < 4.78 is 0. The molecule has 4 heteroatoms. The Balaban J connectivity index is 2.79. The zero-order valence-corrected chi connectivity index (χ0v) is 11.6. The van der Waals surface area contributed by atoms with Gasteiger partial charge < -0.3 is 10.2 Å². The number of rotatable bonds is 8. The first-order chi connectivity index (χ1) is 9.06. The van der Waals surface area contributed by atoms with Crippen molar-refractivity contribution in [3.05, 3.63) is 35.9 Å². The van der Waals surface area contributed by atoms with Crippen LogP contribution in [0.3, 0.4) is 0 Å². The summed E-state index contributed by atoms with van der Waals surface area (Å²) in [5.74, 6) is -1.33. The Bertz CT molecular complexity index is 378. The maximum Gasteiger partial charge on any atom is 0.312 e. The highest BCUT2D eigenvalue weighted by Gasteiger charge is 2.23. The molecule has 0 amide bonds. The number of hydrogen-bond acceptors (Lipinski definition) is 3. The van der Waals surface area contributed by atoms with Gasteiger partial charge in [-0.2, -0.15) is 0 Å². The van der Waals surface area contributed by atoms with E-state index < -0.39 is 11.9 Å². The van der Waals surface area contributed by atoms with Crippen molar-refractivity contribution in [2.75, 3.05) is 19.7 Å². The van der Waals surface area contributed by atoms with Gasteiger partial charge in [-0.15, -0.1) is 0 Å². The molecule has 19 heavy (non-hydrogen) atoms.